The number of amides is 1. The number of allylic oxidation sites excluding steroid dienone is 3. The van der Waals surface area contributed by atoms with E-state index in [0.29, 0.717) is 33.3 Å². The number of carbonyl (C=O) groups is 2. The predicted octanol–water partition coefficient (Wildman–Crippen LogP) is 3.39. The number of anilines is 1. The molecule has 0 spiro atoms. The zero-order valence-corrected chi connectivity index (χ0v) is 14.2. The molecule has 1 aliphatic rings. The molecule has 1 amide bonds. The van der Waals surface area contributed by atoms with Crippen molar-refractivity contribution in [2.75, 3.05) is 12.4 Å². The minimum atomic E-state index is -0.253. The Balaban J connectivity index is 2.51. The molecule has 120 valence electrons. The third-order valence-electron chi connectivity index (χ3n) is 3.46. The van der Waals surface area contributed by atoms with Gasteiger partial charge in [0.15, 0.2) is 5.78 Å². The van der Waals surface area contributed by atoms with Gasteiger partial charge < -0.3 is 10.6 Å². The van der Waals surface area contributed by atoms with Gasteiger partial charge in [0.25, 0.3) is 0 Å². The summed E-state index contributed by atoms with van der Waals surface area (Å²) in [6.45, 7) is 4.80. The number of rotatable bonds is 3. The number of aliphatic imine (C=N–C) groups is 1. The van der Waals surface area contributed by atoms with E-state index in [1.165, 1.54) is 6.92 Å². The van der Waals surface area contributed by atoms with E-state index >= 15 is 0 Å². The fraction of sp³-hybridized carbons (Fsp3) is 0.235. The van der Waals surface area contributed by atoms with E-state index in [-0.39, 0.29) is 11.7 Å². The van der Waals surface area contributed by atoms with Crippen molar-refractivity contribution in [3.05, 3.63) is 46.1 Å². The molecule has 0 atom stereocenters. The lowest BCUT2D eigenvalue weighted by Crippen LogP contribution is -2.30. The Morgan fingerprint density at radius 1 is 1.26 bits per heavy atom. The first-order chi connectivity index (χ1) is 10.8. The number of carbonyl (C=O) groups excluding carboxylic acids is 2. The average Bonchev–Trinajstić information content (AvgIpc) is 2.49. The summed E-state index contributed by atoms with van der Waals surface area (Å²) in [5.41, 5.74) is 3.45. The van der Waals surface area contributed by atoms with Gasteiger partial charge >= 0.3 is 0 Å². The monoisotopic (exact) mass is 331 g/mol. The Morgan fingerprint density at radius 2 is 1.96 bits per heavy atom. The van der Waals surface area contributed by atoms with Gasteiger partial charge in [-0.25, -0.2) is 4.99 Å². The molecule has 1 aromatic carbocycles. The van der Waals surface area contributed by atoms with Gasteiger partial charge in [0.1, 0.15) is 0 Å². The Kier molecular flexibility index (Phi) is 5.01. The molecule has 0 aromatic heterocycles. The molecule has 1 aliphatic carbocycles. The molecule has 0 saturated carbocycles. The number of hydrogen-bond donors (Lipinski definition) is 2. The van der Waals surface area contributed by atoms with Gasteiger partial charge in [-0.1, -0.05) is 11.6 Å². The summed E-state index contributed by atoms with van der Waals surface area (Å²) in [6, 6.07) is 5.35. The molecule has 6 heteroatoms. The Labute approximate surface area is 140 Å². The van der Waals surface area contributed by atoms with Crippen molar-refractivity contribution >= 4 is 40.4 Å². The van der Waals surface area contributed by atoms with E-state index in [1.807, 2.05) is 12.1 Å². The van der Waals surface area contributed by atoms with Crippen LogP contribution in [0.3, 0.4) is 0 Å². The topological polar surface area (TPSA) is 70.6 Å². The van der Waals surface area contributed by atoms with Crippen molar-refractivity contribution in [1.29, 1.82) is 0 Å². The second kappa shape index (κ2) is 6.79. The van der Waals surface area contributed by atoms with E-state index in [0.717, 1.165) is 5.69 Å². The first-order valence-electron chi connectivity index (χ1n) is 7.11. The summed E-state index contributed by atoms with van der Waals surface area (Å²) in [7, 11) is 1.78. The molecule has 23 heavy (non-hydrogen) atoms. The number of ketones is 1. The van der Waals surface area contributed by atoms with Crippen LogP contribution in [0.2, 0.25) is 5.02 Å². The van der Waals surface area contributed by atoms with E-state index in [9.17, 15) is 9.59 Å². The summed E-state index contributed by atoms with van der Waals surface area (Å²) < 4.78 is 0. The number of hydrogen-bond acceptors (Lipinski definition) is 4. The zero-order valence-electron chi connectivity index (χ0n) is 13.5. The summed E-state index contributed by atoms with van der Waals surface area (Å²) in [5.74, 6) is -0.354. The van der Waals surface area contributed by atoms with Crippen LogP contribution in [-0.4, -0.2) is 24.4 Å². The number of halogens is 1. The summed E-state index contributed by atoms with van der Waals surface area (Å²) in [5, 5.41) is 6.21. The smallest absolute Gasteiger partial charge is 0.221 e. The zero-order chi connectivity index (χ0) is 17.1. The maximum absolute atomic E-state index is 12.1. The highest BCUT2D eigenvalue weighted by Gasteiger charge is 2.22. The standard InChI is InChI=1S/C17H18ClN3O2/c1-9-7-15(16(20-11(3)22)10(2)17(9)23)21-12-5-6-14(19-4)13(18)8-12/h5-8,19H,1-4H3,(H,20,22). The van der Waals surface area contributed by atoms with Crippen molar-refractivity contribution in [2.24, 2.45) is 4.99 Å². The molecule has 2 rings (SSSR count). The highest BCUT2D eigenvalue weighted by atomic mass is 35.5. The average molecular weight is 332 g/mol. The van der Waals surface area contributed by atoms with E-state index in [1.54, 1.807) is 33.0 Å². The molecule has 0 saturated heterocycles. The number of benzene rings is 1. The van der Waals surface area contributed by atoms with Crippen molar-refractivity contribution in [3.8, 4) is 0 Å². The molecular formula is C17H18ClN3O2. The Bertz CT molecular complexity index is 776. The van der Waals surface area contributed by atoms with Gasteiger partial charge in [-0.3, -0.25) is 9.59 Å². The second-order valence-corrected chi connectivity index (χ2v) is 5.66. The molecule has 5 nitrogen and oxygen atoms in total. The molecular weight excluding hydrogens is 314 g/mol. The number of Topliss-reactive ketones (excluding diaryl/α,β-unsaturated/α-hetero) is 1. The number of nitrogens with one attached hydrogen (secondary N) is 2. The Hall–Kier alpha value is -2.40. The van der Waals surface area contributed by atoms with Gasteiger partial charge in [0, 0.05) is 19.5 Å². The normalized spacial score (nSPS) is 16.5. The number of nitrogens with zero attached hydrogens (tertiary/aromatic N) is 1. The lowest BCUT2D eigenvalue weighted by atomic mass is 9.94. The highest BCUT2D eigenvalue weighted by Crippen LogP contribution is 2.28. The first-order valence-corrected chi connectivity index (χ1v) is 7.49. The highest BCUT2D eigenvalue weighted by molar-refractivity contribution is 6.33. The molecule has 1 aromatic rings. The fourth-order valence-electron chi connectivity index (χ4n) is 2.28. The predicted molar refractivity (Wildman–Crippen MR) is 93.4 cm³/mol. The molecule has 0 radical (unpaired) electrons. The third-order valence-corrected chi connectivity index (χ3v) is 3.77. The largest absolute Gasteiger partial charge is 0.387 e. The minimum absolute atomic E-state index is 0.101. The van der Waals surface area contributed by atoms with Crippen LogP contribution in [0.15, 0.2) is 46.1 Å². The van der Waals surface area contributed by atoms with Gasteiger partial charge in [0.2, 0.25) is 5.91 Å². The third kappa shape index (κ3) is 3.68. The van der Waals surface area contributed by atoms with Crippen molar-refractivity contribution in [3.63, 3.8) is 0 Å². The quantitative estimate of drug-likeness (QED) is 0.834. The lowest BCUT2D eigenvalue weighted by Gasteiger charge is -2.18. The van der Waals surface area contributed by atoms with Crippen LogP contribution < -0.4 is 10.6 Å². The van der Waals surface area contributed by atoms with E-state index in [2.05, 4.69) is 15.6 Å². The van der Waals surface area contributed by atoms with E-state index < -0.39 is 0 Å². The summed E-state index contributed by atoms with van der Waals surface area (Å²) in [6.07, 6.45) is 1.67. The van der Waals surface area contributed by atoms with Crippen LogP contribution in [0.5, 0.6) is 0 Å². The second-order valence-electron chi connectivity index (χ2n) is 5.25. The SMILES string of the molecule is CNc1ccc(N=C2C=C(C)C(=O)C(C)=C2NC(C)=O)cc1Cl. The molecule has 0 bridgehead atoms. The van der Waals surface area contributed by atoms with Crippen molar-refractivity contribution in [1.82, 2.24) is 5.32 Å². The maximum atomic E-state index is 12.1. The van der Waals surface area contributed by atoms with Crippen LogP contribution in [0, 0.1) is 0 Å². The summed E-state index contributed by atoms with van der Waals surface area (Å²) >= 11 is 6.17. The van der Waals surface area contributed by atoms with Crippen molar-refractivity contribution < 1.29 is 9.59 Å². The molecule has 0 unspecified atom stereocenters. The molecule has 0 heterocycles. The lowest BCUT2D eigenvalue weighted by molar-refractivity contribution is -0.118. The van der Waals surface area contributed by atoms with Crippen LogP contribution in [0.25, 0.3) is 0 Å². The van der Waals surface area contributed by atoms with Crippen LogP contribution in [-0.2, 0) is 9.59 Å². The van der Waals surface area contributed by atoms with Crippen LogP contribution >= 0.6 is 11.6 Å². The molecule has 0 aliphatic heterocycles. The van der Waals surface area contributed by atoms with Gasteiger partial charge in [0.05, 0.1) is 27.8 Å². The van der Waals surface area contributed by atoms with Gasteiger partial charge in [-0.05, 0) is 43.7 Å². The first kappa shape index (κ1) is 17.0. The Morgan fingerprint density at radius 3 is 2.52 bits per heavy atom. The fourth-order valence-corrected chi connectivity index (χ4v) is 2.55. The minimum Gasteiger partial charge on any atom is -0.387 e. The van der Waals surface area contributed by atoms with E-state index in [4.69, 9.17) is 11.6 Å². The van der Waals surface area contributed by atoms with Crippen LogP contribution in [0.1, 0.15) is 20.8 Å². The van der Waals surface area contributed by atoms with Gasteiger partial charge in [-0.15, -0.1) is 0 Å². The summed E-state index contributed by atoms with van der Waals surface area (Å²) in [4.78, 5) is 28.0. The molecule has 0 fully saturated rings. The van der Waals surface area contributed by atoms with Gasteiger partial charge in [-0.2, -0.15) is 0 Å². The molecule has 2 N–H and O–H groups in total. The van der Waals surface area contributed by atoms with Crippen LogP contribution in [0.4, 0.5) is 11.4 Å². The van der Waals surface area contributed by atoms with Crippen molar-refractivity contribution in [2.45, 2.75) is 20.8 Å². The maximum Gasteiger partial charge on any atom is 0.221 e.